The van der Waals surface area contributed by atoms with Crippen LogP contribution in [0.2, 0.25) is 0 Å². The third kappa shape index (κ3) is 3.66. The van der Waals surface area contributed by atoms with Crippen LogP contribution in [0.5, 0.6) is 5.75 Å². The van der Waals surface area contributed by atoms with Crippen molar-refractivity contribution in [3.05, 3.63) is 74.9 Å². The number of fused-ring (bicyclic) bond motifs is 1. The Balaban J connectivity index is 1.53. The summed E-state index contributed by atoms with van der Waals surface area (Å²) in [5, 5.41) is 4.01. The standard InChI is InChI=1S/C20H20FN5O3S/c1-24-15-4-2-3-5-16(15)29-18(19(24)27)17-7-6-14(30-17)11-25-12-23-26(20(25)28)10-13(8-21)9-22/h2-8,12,18H,9-11,22H2,1H3/b13-8+. The molecule has 4 rings (SSSR count). The quantitative estimate of drug-likeness (QED) is 0.647. The molecule has 1 atom stereocenters. The zero-order valence-electron chi connectivity index (χ0n) is 16.2. The Morgan fingerprint density at radius 3 is 2.87 bits per heavy atom. The van der Waals surface area contributed by atoms with Crippen LogP contribution in [0, 0.1) is 0 Å². The minimum absolute atomic E-state index is 0.00465. The van der Waals surface area contributed by atoms with Gasteiger partial charge in [-0.25, -0.2) is 13.9 Å². The van der Waals surface area contributed by atoms with E-state index in [1.807, 2.05) is 36.4 Å². The van der Waals surface area contributed by atoms with E-state index in [0.717, 1.165) is 20.1 Å². The predicted octanol–water partition coefficient (Wildman–Crippen LogP) is 2.06. The van der Waals surface area contributed by atoms with E-state index in [2.05, 4.69) is 5.10 Å². The normalized spacial score (nSPS) is 16.5. The summed E-state index contributed by atoms with van der Waals surface area (Å²) >= 11 is 1.39. The second kappa shape index (κ2) is 8.25. The predicted molar refractivity (Wildman–Crippen MR) is 111 cm³/mol. The summed E-state index contributed by atoms with van der Waals surface area (Å²) in [6.45, 7) is 0.301. The van der Waals surface area contributed by atoms with Crippen molar-refractivity contribution in [1.82, 2.24) is 14.3 Å². The Kier molecular flexibility index (Phi) is 5.51. The van der Waals surface area contributed by atoms with Gasteiger partial charge >= 0.3 is 5.69 Å². The Morgan fingerprint density at radius 2 is 2.10 bits per heavy atom. The minimum Gasteiger partial charge on any atom is -0.473 e. The molecule has 30 heavy (non-hydrogen) atoms. The molecule has 0 fully saturated rings. The van der Waals surface area contributed by atoms with Crippen LogP contribution >= 0.6 is 11.3 Å². The lowest BCUT2D eigenvalue weighted by molar-refractivity contribution is -0.126. The molecular formula is C20H20FN5O3S. The SMILES string of the molecule is CN1C(=O)C(c2ccc(Cn3cnn(C/C(=C/F)CN)c3=O)s2)Oc2ccccc21. The Hall–Kier alpha value is -3.24. The van der Waals surface area contributed by atoms with Gasteiger partial charge in [-0.05, 0) is 29.8 Å². The maximum absolute atomic E-state index is 12.8. The van der Waals surface area contributed by atoms with E-state index < -0.39 is 6.10 Å². The number of rotatable bonds is 6. The van der Waals surface area contributed by atoms with Crippen molar-refractivity contribution in [1.29, 1.82) is 0 Å². The van der Waals surface area contributed by atoms with Crippen LogP contribution in [0.15, 0.2) is 59.4 Å². The van der Waals surface area contributed by atoms with E-state index in [9.17, 15) is 14.0 Å². The first-order valence-electron chi connectivity index (χ1n) is 9.24. The smallest absolute Gasteiger partial charge is 0.346 e. The van der Waals surface area contributed by atoms with Crippen molar-refractivity contribution in [3.63, 3.8) is 0 Å². The maximum Gasteiger partial charge on any atom is 0.346 e. The monoisotopic (exact) mass is 429 g/mol. The van der Waals surface area contributed by atoms with Crippen molar-refractivity contribution in [2.75, 3.05) is 18.5 Å². The van der Waals surface area contributed by atoms with Gasteiger partial charge < -0.3 is 15.4 Å². The topological polar surface area (TPSA) is 95.4 Å². The number of carbonyl (C=O) groups is 1. The number of likely N-dealkylation sites (N-methyl/N-ethyl adjacent to an activating group) is 1. The van der Waals surface area contributed by atoms with Crippen LogP contribution in [0.1, 0.15) is 15.9 Å². The number of hydrogen-bond donors (Lipinski definition) is 1. The van der Waals surface area contributed by atoms with Crippen LogP contribution in [-0.2, 0) is 17.9 Å². The van der Waals surface area contributed by atoms with Gasteiger partial charge in [0.1, 0.15) is 12.1 Å². The van der Waals surface area contributed by atoms with Crippen molar-refractivity contribution in [3.8, 4) is 5.75 Å². The summed E-state index contributed by atoms with van der Waals surface area (Å²) in [6, 6.07) is 11.1. The number of ether oxygens (including phenoxy) is 1. The number of benzene rings is 1. The summed E-state index contributed by atoms with van der Waals surface area (Å²) in [5.74, 6) is 0.494. The third-order valence-corrected chi connectivity index (χ3v) is 5.97. The summed E-state index contributed by atoms with van der Waals surface area (Å²) < 4.78 is 21.3. The molecule has 0 bridgehead atoms. The zero-order chi connectivity index (χ0) is 21.3. The highest BCUT2D eigenvalue weighted by Gasteiger charge is 2.34. The number of hydrogen-bond acceptors (Lipinski definition) is 6. The molecule has 2 N–H and O–H groups in total. The molecule has 8 nitrogen and oxygen atoms in total. The lowest BCUT2D eigenvalue weighted by Gasteiger charge is -2.31. The molecule has 2 aromatic heterocycles. The van der Waals surface area contributed by atoms with Gasteiger partial charge in [0.2, 0.25) is 6.10 Å². The molecule has 0 saturated carbocycles. The van der Waals surface area contributed by atoms with Gasteiger partial charge in [-0.3, -0.25) is 9.36 Å². The number of carbonyl (C=O) groups excluding carboxylic acids is 1. The van der Waals surface area contributed by atoms with Gasteiger partial charge in [-0.2, -0.15) is 5.10 Å². The molecule has 1 aromatic carbocycles. The molecule has 3 aromatic rings. The van der Waals surface area contributed by atoms with Crippen molar-refractivity contribution >= 4 is 22.9 Å². The van der Waals surface area contributed by atoms with E-state index in [1.54, 1.807) is 11.9 Å². The number of nitrogens with zero attached hydrogens (tertiary/aromatic N) is 4. The number of thiophene rings is 1. The van der Waals surface area contributed by atoms with Crippen LogP contribution in [0.3, 0.4) is 0 Å². The average Bonchev–Trinajstić information content (AvgIpc) is 3.36. The Bertz CT molecular complexity index is 1170. The molecule has 0 aliphatic carbocycles. The van der Waals surface area contributed by atoms with Crippen LogP contribution in [-0.4, -0.2) is 33.8 Å². The maximum atomic E-state index is 12.8. The first-order chi connectivity index (χ1) is 14.5. The largest absolute Gasteiger partial charge is 0.473 e. The molecule has 0 spiro atoms. The Labute approximate surface area is 175 Å². The third-order valence-electron chi connectivity index (χ3n) is 4.86. The number of amides is 1. The first-order valence-corrected chi connectivity index (χ1v) is 10.1. The number of aromatic nitrogens is 3. The fourth-order valence-corrected chi connectivity index (χ4v) is 4.23. The minimum atomic E-state index is -0.732. The van der Waals surface area contributed by atoms with Gasteiger partial charge in [-0.15, -0.1) is 11.3 Å². The lowest BCUT2D eigenvalue weighted by atomic mass is 10.1. The second-order valence-electron chi connectivity index (χ2n) is 6.84. The van der Waals surface area contributed by atoms with E-state index in [4.69, 9.17) is 10.5 Å². The summed E-state index contributed by atoms with van der Waals surface area (Å²) in [5.41, 5.74) is 6.08. The summed E-state index contributed by atoms with van der Waals surface area (Å²) in [7, 11) is 1.72. The van der Waals surface area contributed by atoms with Crippen LogP contribution in [0.25, 0.3) is 0 Å². The number of nitrogens with two attached hydrogens (primary N) is 1. The van der Waals surface area contributed by atoms with Gasteiger partial charge in [0.25, 0.3) is 5.91 Å². The lowest BCUT2D eigenvalue weighted by Crippen LogP contribution is -2.37. The van der Waals surface area contributed by atoms with Crippen molar-refractivity contribution in [2.24, 2.45) is 5.73 Å². The number of anilines is 1. The van der Waals surface area contributed by atoms with Crippen molar-refractivity contribution in [2.45, 2.75) is 19.2 Å². The van der Waals surface area contributed by atoms with Gasteiger partial charge in [-0.1, -0.05) is 12.1 Å². The number of para-hydroxylation sites is 2. The fraction of sp³-hybridized carbons (Fsp3) is 0.250. The highest BCUT2D eigenvalue weighted by atomic mass is 32.1. The zero-order valence-corrected chi connectivity index (χ0v) is 17.0. The highest BCUT2D eigenvalue weighted by Crippen LogP contribution is 2.39. The van der Waals surface area contributed by atoms with E-state index in [0.29, 0.717) is 12.1 Å². The highest BCUT2D eigenvalue weighted by molar-refractivity contribution is 7.12. The molecule has 1 amide bonds. The molecule has 0 radical (unpaired) electrons. The molecule has 0 saturated heterocycles. The molecule has 156 valence electrons. The summed E-state index contributed by atoms with van der Waals surface area (Å²) in [6.07, 6.45) is 1.07. The van der Waals surface area contributed by atoms with Gasteiger partial charge in [0.15, 0.2) is 0 Å². The van der Waals surface area contributed by atoms with Crippen molar-refractivity contribution < 1.29 is 13.9 Å². The first kappa shape index (κ1) is 20.0. The molecular weight excluding hydrogens is 409 g/mol. The number of halogens is 1. The molecule has 1 aliphatic heterocycles. The average molecular weight is 429 g/mol. The van der Waals surface area contributed by atoms with E-state index >= 15 is 0 Å². The molecule has 10 heteroatoms. The van der Waals surface area contributed by atoms with Crippen LogP contribution < -0.4 is 21.1 Å². The molecule has 3 heterocycles. The second-order valence-corrected chi connectivity index (χ2v) is 8.04. The molecule has 1 aliphatic rings. The van der Waals surface area contributed by atoms with E-state index in [1.165, 1.54) is 22.2 Å². The van der Waals surface area contributed by atoms with Gasteiger partial charge in [0.05, 0.1) is 30.0 Å². The molecule has 1 unspecified atom stereocenters. The fourth-order valence-electron chi connectivity index (χ4n) is 3.20. The van der Waals surface area contributed by atoms with Gasteiger partial charge in [0, 0.05) is 18.5 Å². The van der Waals surface area contributed by atoms with E-state index in [-0.39, 0.29) is 36.8 Å². The Morgan fingerprint density at radius 1 is 1.30 bits per heavy atom. The van der Waals surface area contributed by atoms with Crippen LogP contribution in [0.4, 0.5) is 10.1 Å². The summed E-state index contributed by atoms with van der Waals surface area (Å²) in [4.78, 5) is 28.4.